The van der Waals surface area contributed by atoms with Crippen LogP contribution in [-0.2, 0) is 0 Å². The zero-order chi connectivity index (χ0) is 8.32. The van der Waals surface area contributed by atoms with Gasteiger partial charge in [0, 0.05) is 19.5 Å². The maximum Gasteiger partial charge on any atom is 0.513 e. The molecule has 11 heavy (non-hydrogen) atoms. The van der Waals surface area contributed by atoms with E-state index in [4.69, 9.17) is 5.11 Å². The van der Waals surface area contributed by atoms with Gasteiger partial charge in [-0.25, -0.2) is 4.48 Å². The van der Waals surface area contributed by atoms with E-state index in [9.17, 15) is 4.79 Å². The van der Waals surface area contributed by atoms with Crippen LogP contribution in [0.1, 0.15) is 6.42 Å². The fourth-order valence-electron chi connectivity index (χ4n) is 1.31. The van der Waals surface area contributed by atoms with Crippen molar-refractivity contribution in [3.8, 4) is 0 Å². The van der Waals surface area contributed by atoms with Crippen molar-refractivity contribution in [2.75, 3.05) is 33.2 Å². The van der Waals surface area contributed by atoms with Gasteiger partial charge in [0.2, 0.25) is 0 Å². The number of carbonyl (C=O) groups is 1. The molecule has 0 aromatic heterocycles. The van der Waals surface area contributed by atoms with Crippen molar-refractivity contribution in [2.24, 2.45) is 0 Å². The molecule has 1 rings (SSSR count). The van der Waals surface area contributed by atoms with Crippen LogP contribution in [0.4, 0.5) is 4.79 Å². The third-order valence-electron chi connectivity index (χ3n) is 2.25. The van der Waals surface area contributed by atoms with Gasteiger partial charge in [0.15, 0.2) is 0 Å². The zero-order valence-corrected chi connectivity index (χ0v) is 6.84. The van der Waals surface area contributed by atoms with Crippen LogP contribution in [0.2, 0.25) is 0 Å². The maximum atomic E-state index is 10.8. The van der Waals surface area contributed by atoms with Gasteiger partial charge < -0.3 is 10.4 Å². The van der Waals surface area contributed by atoms with E-state index in [1.54, 1.807) is 7.05 Å². The molecule has 4 nitrogen and oxygen atoms in total. The van der Waals surface area contributed by atoms with E-state index >= 15 is 0 Å². The summed E-state index contributed by atoms with van der Waals surface area (Å²) in [5.74, 6) is 0. The van der Waals surface area contributed by atoms with Gasteiger partial charge in [0.05, 0.1) is 13.6 Å². The van der Waals surface area contributed by atoms with Crippen molar-refractivity contribution in [3.05, 3.63) is 0 Å². The predicted octanol–water partition coefficient (Wildman–Crippen LogP) is 0.104. The van der Waals surface area contributed by atoms with E-state index in [-0.39, 0.29) is 4.48 Å². The van der Waals surface area contributed by atoms with Crippen LogP contribution in [0.5, 0.6) is 0 Å². The lowest BCUT2D eigenvalue weighted by Crippen LogP contribution is -2.50. The van der Waals surface area contributed by atoms with Crippen molar-refractivity contribution < 1.29 is 14.4 Å². The number of carboxylic acid groups (broad SMARTS) is 1. The van der Waals surface area contributed by atoms with Crippen molar-refractivity contribution in [2.45, 2.75) is 6.42 Å². The Kier molecular flexibility index (Phi) is 2.46. The first-order valence-corrected chi connectivity index (χ1v) is 3.94. The van der Waals surface area contributed by atoms with E-state index in [2.05, 4.69) is 5.32 Å². The van der Waals surface area contributed by atoms with Gasteiger partial charge in [-0.1, -0.05) is 0 Å². The molecule has 0 radical (unpaired) electrons. The van der Waals surface area contributed by atoms with Crippen molar-refractivity contribution >= 4 is 6.09 Å². The second-order valence-electron chi connectivity index (χ2n) is 3.23. The fourth-order valence-corrected chi connectivity index (χ4v) is 1.31. The summed E-state index contributed by atoms with van der Waals surface area (Å²) in [6, 6.07) is 0. The van der Waals surface area contributed by atoms with Gasteiger partial charge in [0.1, 0.15) is 6.54 Å². The highest BCUT2D eigenvalue weighted by Gasteiger charge is 2.31. The first kappa shape index (κ1) is 8.49. The summed E-state index contributed by atoms with van der Waals surface area (Å²) in [5.41, 5.74) is 0. The number of quaternary nitrogens is 1. The Morgan fingerprint density at radius 1 is 1.45 bits per heavy atom. The zero-order valence-electron chi connectivity index (χ0n) is 6.84. The summed E-state index contributed by atoms with van der Waals surface area (Å²) in [6.07, 6.45) is 0.233. The molecule has 0 bridgehead atoms. The summed E-state index contributed by atoms with van der Waals surface area (Å²) in [7, 11) is 1.77. The Bertz CT molecular complexity index is 151. The molecule has 1 aliphatic rings. The molecule has 1 amide bonds. The van der Waals surface area contributed by atoms with Crippen molar-refractivity contribution in [3.63, 3.8) is 0 Å². The highest BCUT2D eigenvalue weighted by atomic mass is 16.4. The number of hydrogen-bond acceptors (Lipinski definition) is 2. The molecule has 0 spiro atoms. The van der Waals surface area contributed by atoms with Crippen LogP contribution >= 0.6 is 0 Å². The van der Waals surface area contributed by atoms with Crippen molar-refractivity contribution in [1.29, 1.82) is 0 Å². The Balaban J connectivity index is 2.59. The molecule has 0 aromatic rings. The van der Waals surface area contributed by atoms with Crippen LogP contribution in [0, 0.1) is 0 Å². The highest BCUT2D eigenvalue weighted by Crippen LogP contribution is 2.06. The van der Waals surface area contributed by atoms with Gasteiger partial charge in [-0.15, -0.1) is 0 Å². The Morgan fingerprint density at radius 3 is 2.82 bits per heavy atom. The van der Waals surface area contributed by atoms with Crippen LogP contribution in [0.25, 0.3) is 0 Å². The third-order valence-corrected chi connectivity index (χ3v) is 2.25. The minimum absolute atomic E-state index is 0.160. The van der Waals surface area contributed by atoms with Gasteiger partial charge in [-0.2, -0.15) is 4.79 Å². The molecule has 2 N–H and O–H groups in total. The molecule has 0 aliphatic carbocycles. The van der Waals surface area contributed by atoms with Gasteiger partial charge >= 0.3 is 6.09 Å². The topological polar surface area (TPSA) is 49.3 Å². The van der Waals surface area contributed by atoms with Crippen molar-refractivity contribution in [1.82, 2.24) is 5.32 Å². The summed E-state index contributed by atoms with van der Waals surface area (Å²) >= 11 is 0. The Labute approximate surface area is 66.4 Å². The summed E-state index contributed by atoms with van der Waals surface area (Å²) in [4.78, 5) is 10.8. The average Bonchev–Trinajstić information content (AvgIpc) is 2.15. The second kappa shape index (κ2) is 3.19. The monoisotopic (exact) mass is 159 g/mol. The molecule has 1 fully saturated rings. The smallest absolute Gasteiger partial charge is 0.435 e. The molecule has 64 valence electrons. The van der Waals surface area contributed by atoms with Gasteiger partial charge in [-0.05, 0) is 0 Å². The number of nitrogens with one attached hydrogen (secondary N) is 1. The Morgan fingerprint density at radius 2 is 2.18 bits per heavy atom. The van der Waals surface area contributed by atoms with Crippen LogP contribution in [-0.4, -0.2) is 48.9 Å². The first-order valence-electron chi connectivity index (χ1n) is 3.94. The number of hydrogen-bond donors (Lipinski definition) is 2. The first-order chi connectivity index (χ1) is 5.15. The summed E-state index contributed by atoms with van der Waals surface area (Å²) in [5, 5.41) is 12.0. The molecule has 1 unspecified atom stereocenters. The average molecular weight is 159 g/mol. The summed E-state index contributed by atoms with van der Waals surface area (Å²) in [6.45, 7) is 3.18. The van der Waals surface area contributed by atoms with E-state index in [0.717, 1.165) is 26.1 Å². The standard InChI is InChI=1S/C7H14N2O2/c1-9(7(10)11)5-2-3-8-4-6-9/h8H,2-6H2,1H3/p+1. The van der Waals surface area contributed by atoms with Crippen LogP contribution in [0.15, 0.2) is 0 Å². The lowest BCUT2D eigenvalue weighted by Gasteiger charge is -2.25. The normalized spacial score (nSPS) is 32.8. The number of amides is 1. The molecule has 1 atom stereocenters. The van der Waals surface area contributed by atoms with E-state index in [1.165, 1.54) is 0 Å². The van der Waals surface area contributed by atoms with Crippen LogP contribution in [0.3, 0.4) is 0 Å². The minimum atomic E-state index is -0.714. The lowest BCUT2D eigenvalue weighted by molar-refractivity contribution is -0.834. The number of likely N-dealkylation sites (N-methyl/N-ethyl adjacent to an activating group) is 1. The molecular formula is C7H15N2O2+. The molecule has 1 heterocycles. The number of rotatable bonds is 0. The third kappa shape index (κ3) is 1.91. The quantitative estimate of drug-likeness (QED) is 0.493. The Hall–Kier alpha value is -0.610. The van der Waals surface area contributed by atoms with E-state index < -0.39 is 6.09 Å². The van der Waals surface area contributed by atoms with E-state index in [1.807, 2.05) is 0 Å². The molecular weight excluding hydrogens is 144 g/mol. The largest absolute Gasteiger partial charge is 0.513 e. The van der Waals surface area contributed by atoms with Crippen LogP contribution < -0.4 is 5.32 Å². The molecule has 0 aromatic carbocycles. The van der Waals surface area contributed by atoms with E-state index in [0.29, 0.717) is 6.54 Å². The summed E-state index contributed by atoms with van der Waals surface area (Å²) < 4.78 is 0.160. The molecule has 1 saturated heterocycles. The fraction of sp³-hybridized carbons (Fsp3) is 0.857. The SMILES string of the molecule is C[N+]1(C(=O)O)CCCNCC1. The number of nitrogens with zero attached hydrogens (tertiary/aromatic N) is 1. The maximum absolute atomic E-state index is 10.8. The van der Waals surface area contributed by atoms with Gasteiger partial charge in [0.25, 0.3) is 0 Å². The molecule has 0 saturated carbocycles. The highest BCUT2D eigenvalue weighted by molar-refractivity contribution is 5.56. The second-order valence-corrected chi connectivity index (χ2v) is 3.23. The van der Waals surface area contributed by atoms with Gasteiger partial charge in [-0.3, -0.25) is 0 Å². The predicted molar refractivity (Wildman–Crippen MR) is 41.4 cm³/mol. The lowest BCUT2D eigenvalue weighted by atomic mass is 10.3. The molecule has 1 aliphatic heterocycles. The minimum Gasteiger partial charge on any atom is -0.435 e. The molecule has 4 heteroatoms.